The number of hydrogen-bond acceptors (Lipinski definition) is 4. The van der Waals surface area contributed by atoms with Crippen LogP contribution in [0.25, 0.3) is 5.69 Å². The normalized spacial score (nSPS) is 17.6. The highest BCUT2D eigenvalue weighted by Gasteiger charge is 2.19. The van der Waals surface area contributed by atoms with E-state index in [1.807, 2.05) is 30.3 Å². The first-order valence-corrected chi connectivity index (χ1v) is 7.10. The van der Waals surface area contributed by atoms with E-state index in [1.54, 1.807) is 4.68 Å². The number of para-hydroxylation sites is 1. The molecule has 0 spiro atoms. The van der Waals surface area contributed by atoms with E-state index in [2.05, 4.69) is 33.0 Å². The minimum absolute atomic E-state index is 0.0658. The summed E-state index contributed by atoms with van der Waals surface area (Å²) in [6, 6.07) is 9.63. The van der Waals surface area contributed by atoms with Gasteiger partial charge in [0.15, 0.2) is 5.82 Å². The maximum atomic E-state index is 12.1. The van der Waals surface area contributed by atoms with E-state index in [-0.39, 0.29) is 11.8 Å². The number of aromatic nitrogens is 4. The van der Waals surface area contributed by atoms with E-state index in [4.69, 9.17) is 0 Å². The number of benzene rings is 1. The average Bonchev–Trinajstić information content (AvgIpc) is 3.03. The van der Waals surface area contributed by atoms with Crippen molar-refractivity contribution in [3.63, 3.8) is 0 Å². The zero-order valence-corrected chi connectivity index (χ0v) is 11.6. The molecule has 1 aliphatic carbocycles. The highest BCUT2D eigenvalue weighted by molar-refractivity contribution is 5.78. The largest absolute Gasteiger partial charge is 0.348 e. The van der Waals surface area contributed by atoms with Crippen LogP contribution < -0.4 is 5.32 Å². The molecule has 6 nitrogen and oxygen atoms in total. The Balaban J connectivity index is 1.65. The lowest BCUT2D eigenvalue weighted by atomic mass is 9.94. The van der Waals surface area contributed by atoms with Gasteiger partial charge in [0.25, 0.3) is 0 Å². The molecule has 6 heteroatoms. The molecule has 21 heavy (non-hydrogen) atoms. The second-order valence-corrected chi connectivity index (χ2v) is 5.04. The number of tetrazole rings is 1. The Morgan fingerprint density at radius 2 is 2.14 bits per heavy atom. The van der Waals surface area contributed by atoms with E-state index < -0.39 is 0 Å². The molecular formula is C15H17N5O. The van der Waals surface area contributed by atoms with Crippen LogP contribution in [0.2, 0.25) is 0 Å². The number of allylic oxidation sites excluding steroid dienone is 2. The van der Waals surface area contributed by atoms with Crippen LogP contribution in [0.5, 0.6) is 0 Å². The van der Waals surface area contributed by atoms with E-state index in [1.165, 1.54) is 0 Å². The fourth-order valence-corrected chi connectivity index (χ4v) is 2.43. The molecule has 0 unspecified atom stereocenters. The molecule has 1 heterocycles. The topological polar surface area (TPSA) is 72.7 Å². The van der Waals surface area contributed by atoms with Gasteiger partial charge in [-0.05, 0) is 41.8 Å². The van der Waals surface area contributed by atoms with Gasteiger partial charge in [0, 0.05) is 5.92 Å². The molecule has 2 aromatic rings. The van der Waals surface area contributed by atoms with Crippen LogP contribution >= 0.6 is 0 Å². The van der Waals surface area contributed by atoms with Crippen LogP contribution in [0, 0.1) is 5.92 Å². The molecule has 1 aliphatic rings. The molecule has 1 aromatic carbocycles. The average molecular weight is 283 g/mol. The molecule has 0 fully saturated rings. The first kappa shape index (κ1) is 13.5. The van der Waals surface area contributed by atoms with E-state index in [0.717, 1.165) is 24.9 Å². The minimum atomic E-state index is 0.0658. The minimum Gasteiger partial charge on any atom is -0.348 e. The molecule has 108 valence electrons. The van der Waals surface area contributed by atoms with E-state index in [0.29, 0.717) is 12.4 Å². The Hall–Kier alpha value is -2.50. The predicted octanol–water partition coefficient (Wildman–Crippen LogP) is 1.63. The summed E-state index contributed by atoms with van der Waals surface area (Å²) in [5.74, 6) is 0.763. The molecule has 0 aliphatic heterocycles. The van der Waals surface area contributed by atoms with Gasteiger partial charge in [-0.25, -0.2) is 0 Å². The number of rotatable bonds is 4. The highest BCUT2D eigenvalue weighted by atomic mass is 16.1. The van der Waals surface area contributed by atoms with Crippen molar-refractivity contribution in [2.24, 2.45) is 5.92 Å². The first-order chi connectivity index (χ1) is 10.3. The number of amides is 1. The zero-order valence-electron chi connectivity index (χ0n) is 11.6. The fourth-order valence-electron chi connectivity index (χ4n) is 2.43. The molecule has 1 aromatic heterocycles. The van der Waals surface area contributed by atoms with Crippen LogP contribution in [0.15, 0.2) is 42.5 Å². The van der Waals surface area contributed by atoms with Gasteiger partial charge in [-0.15, -0.1) is 5.10 Å². The molecular weight excluding hydrogens is 266 g/mol. The summed E-state index contributed by atoms with van der Waals surface area (Å²) in [6.45, 7) is 0.334. The lowest BCUT2D eigenvalue weighted by molar-refractivity contribution is -0.125. The van der Waals surface area contributed by atoms with Crippen molar-refractivity contribution in [3.8, 4) is 5.69 Å². The monoisotopic (exact) mass is 283 g/mol. The molecule has 0 saturated heterocycles. The number of hydrogen-bond donors (Lipinski definition) is 1. The summed E-state index contributed by atoms with van der Waals surface area (Å²) in [5.41, 5.74) is 0.882. The molecule has 0 bridgehead atoms. The third kappa shape index (κ3) is 3.16. The SMILES string of the molecule is O=C(NCc1nnnn1-c1ccccc1)[C@H]1CC=CCC1. The lowest BCUT2D eigenvalue weighted by Gasteiger charge is -2.16. The van der Waals surface area contributed by atoms with Gasteiger partial charge in [-0.1, -0.05) is 30.4 Å². The second kappa shape index (κ2) is 6.30. The van der Waals surface area contributed by atoms with Crippen LogP contribution in [-0.2, 0) is 11.3 Å². The summed E-state index contributed by atoms with van der Waals surface area (Å²) in [6.07, 6.45) is 6.89. The number of nitrogens with zero attached hydrogens (tertiary/aromatic N) is 4. The standard InChI is InChI=1S/C15H17N5O/c21-15(12-7-3-1-4-8-12)16-11-14-17-18-19-20(14)13-9-5-2-6-10-13/h1-3,5-6,9-10,12H,4,7-8,11H2,(H,16,21)/t12-/m0/s1. The van der Waals surface area contributed by atoms with Crippen molar-refractivity contribution in [2.45, 2.75) is 25.8 Å². The number of carbonyl (C=O) groups is 1. The third-order valence-corrected chi connectivity index (χ3v) is 3.60. The lowest BCUT2D eigenvalue weighted by Crippen LogP contribution is -2.31. The maximum absolute atomic E-state index is 12.1. The Bertz CT molecular complexity index is 635. The van der Waals surface area contributed by atoms with Crippen LogP contribution in [0.3, 0.4) is 0 Å². The van der Waals surface area contributed by atoms with E-state index in [9.17, 15) is 4.79 Å². The van der Waals surface area contributed by atoms with Crippen molar-refractivity contribution in [3.05, 3.63) is 48.3 Å². The maximum Gasteiger partial charge on any atom is 0.223 e. The van der Waals surface area contributed by atoms with Crippen molar-refractivity contribution in [1.29, 1.82) is 0 Å². The van der Waals surface area contributed by atoms with Crippen molar-refractivity contribution >= 4 is 5.91 Å². The smallest absolute Gasteiger partial charge is 0.223 e. The number of carbonyl (C=O) groups excluding carboxylic acids is 1. The first-order valence-electron chi connectivity index (χ1n) is 7.10. The van der Waals surface area contributed by atoms with Crippen LogP contribution in [0.4, 0.5) is 0 Å². The van der Waals surface area contributed by atoms with Gasteiger partial charge in [0.2, 0.25) is 5.91 Å². The van der Waals surface area contributed by atoms with Gasteiger partial charge in [0.1, 0.15) is 0 Å². The van der Waals surface area contributed by atoms with Gasteiger partial charge in [0.05, 0.1) is 12.2 Å². The Morgan fingerprint density at radius 3 is 2.90 bits per heavy atom. The summed E-state index contributed by atoms with van der Waals surface area (Å²) >= 11 is 0. The fraction of sp³-hybridized carbons (Fsp3) is 0.333. The second-order valence-electron chi connectivity index (χ2n) is 5.04. The van der Waals surface area contributed by atoms with Gasteiger partial charge >= 0.3 is 0 Å². The molecule has 3 rings (SSSR count). The molecule has 1 amide bonds. The van der Waals surface area contributed by atoms with Crippen LogP contribution in [0.1, 0.15) is 25.1 Å². The third-order valence-electron chi connectivity index (χ3n) is 3.60. The zero-order chi connectivity index (χ0) is 14.5. The Morgan fingerprint density at radius 1 is 1.29 bits per heavy atom. The summed E-state index contributed by atoms with van der Waals surface area (Å²) < 4.78 is 1.64. The van der Waals surface area contributed by atoms with Gasteiger partial charge in [-0.3, -0.25) is 4.79 Å². The summed E-state index contributed by atoms with van der Waals surface area (Å²) in [7, 11) is 0. The van der Waals surface area contributed by atoms with Gasteiger partial charge < -0.3 is 5.32 Å². The van der Waals surface area contributed by atoms with Crippen molar-refractivity contribution in [2.75, 3.05) is 0 Å². The molecule has 1 atom stereocenters. The summed E-state index contributed by atoms with van der Waals surface area (Å²) in [5, 5.41) is 14.6. The van der Waals surface area contributed by atoms with E-state index >= 15 is 0 Å². The molecule has 0 saturated carbocycles. The van der Waals surface area contributed by atoms with Gasteiger partial charge in [-0.2, -0.15) is 4.68 Å². The highest BCUT2D eigenvalue weighted by Crippen LogP contribution is 2.18. The Kier molecular flexibility index (Phi) is 4.04. The van der Waals surface area contributed by atoms with Crippen molar-refractivity contribution in [1.82, 2.24) is 25.5 Å². The van der Waals surface area contributed by atoms with Crippen LogP contribution in [-0.4, -0.2) is 26.1 Å². The quantitative estimate of drug-likeness (QED) is 0.866. The number of nitrogens with one attached hydrogen (secondary N) is 1. The predicted molar refractivity (Wildman–Crippen MR) is 77.5 cm³/mol. The van der Waals surface area contributed by atoms with Crippen molar-refractivity contribution < 1.29 is 4.79 Å². The summed E-state index contributed by atoms with van der Waals surface area (Å²) in [4.78, 5) is 12.1. The molecule has 1 N–H and O–H groups in total. The molecule has 0 radical (unpaired) electrons. The Labute approximate surface area is 122 Å².